The van der Waals surface area contributed by atoms with Gasteiger partial charge in [0.1, 0.15) is 5.78 Å². The Balaban J connectivity index is 1.17. The average molecular weight is 344 g/mol. The molecule has 9 rings (SSSR count). The minimum absolute atomic E-state index is 0.513. The van der Waals surface area contributed by atoms with Crippen LogP contribution in [0.5, 0.6) is 0 Å². The van der Waals surface area contributed by atoms with Gasteiger partial charge in [-0.2, -0.15) is 0 Å². The van der Waals surface area contributed by atoms with E-state index in [-0.39, 0.29) is 0 Å². The molecule has 9 aliphatic carbocycles. The Morgan fingerprint density at radius 1 is 0.500 bits per heavy atom. The zero-order valence-corrected chi connectivity index (χ0v) is 15.3. The molecule has 8 bridgehead atoms. The maximum absolute atomic E-state index is 13.8. The van der Waals surface area contributed by atoms with E-state index in [1.165, 1.54) is 25.7 Å². The van der Waals surface area contributed by atoms with Crippen LogP contribution in [0.4, 0.5) is 0 Å². The van der Waals surface area contributed by atoms with E-state index in [4.69, 9.17) is 0 Å². The van der Waals surface area contributed by atoms with E-state index < -0.39 is 0 Å². The monoisotopic (exact) mass is 344 g/mol. The number of rotatable bonds is 0. The summed E-state index contributed by atoms with van der Waals surface area (Å²) in [4.78, 5) is 13.8. The van der Waals surface area contributed by atoms with E-state index in [2.05, 4.69) is 24.3 Å². The van der Waals surface area contributed by atoms with Gasteiger partial charge in [0.15, 0.2) is 0 Å². The van der Waals surface area contributed by atoms with Crippen molar-refractivity contribution in [3.8, 4) is 0 Å². The molecule has 134 valence electrons. The van der Waals surface area contributed by atoms with Crippen LogP contribution in [-0.4, -0.2) is 5.78 Å². The minimum Gasteiger partial charge on any atom is -0.299 e. The second-order valence-corrected chi connectivity index (χ2v) is 11.9. The Labute approximate surface area is 155 Å². The molecule has 16 atom stereocenters. The normalized spacial score (nSPS) is 74.1. The summed E-state index contributed by atoms with van der Waals surface area (Å²) < 4.78 is 0. The molecule has 0 amide bonds. The molecule has 9 aliphatic rings. The van der Waals surface area contributed by atoms with E-state index in [1.54, 1.807) is 0 Å². The predicted octanol–water partition coefficient (Wildman–Crippen LogP) is 4.21. The fraction of sp³-hybridized carbons (Fsp3) is 0.800. The first kappa shape index (κ1) is 13.3. The van der Waals surface area contributed by atoms with Gasteiger partial charge in [-0.25, -0.2) is 0 Å². The molecule has 26 heavy (non-hydrogen) atoms. The van der Waals surface area contributed by atoms with Crippen molar-refractivity contribution in [1.82, 2.24) is 0 Å². The van der Waals surface area contributed by atoms with Crippen LogP contribution in [0.2, 0.25) is 0 Å². The van der Waals surface area contributed by atoms with Crippen molar-refractivity contribution in [1.29, 1.82) is 0 Å². The molecule has 0 radical (unpaired) electrons. The molecule has 0 heterocycles. The van der Waals surface area contributed by atoms with Gasteiger partial charge in [-0.05, 0) is 109 Å². The molecule has 7 fully saturated rings. The van der Waals surface area contributed by atoms with Gasteiger partial charge in [-0.1, -0.05) is 24.3 Å². The van der Waals surface area contributed by atoms with Crippen LogP contribution in [-0.2, 0) is 4.79 Å². The first-order chi connectivity index (χ1) is 12.8. The minimum atomic E-state index is 0.513. The molecule has 0 unspecified atom stereocenters. The van der Waals surface area contributed by atoms with Crippen LogP contribution in [0.1, 0.15) is 25.7 Å². The lowest BCUT2D eigenvalue weighted by Gasteiger charge is -2.44. The summed E-state index contributed by atoms with van der Waals surface area (Å²) >= 11 is 0. The summed E-state index contributed by atoms with van der Waals surface area (Å²) in [7, 11) is 0. The molecule has 0 aliphatic heterocycles. The maximum atomic E-state index is 13.8. The Bertz CT molecular complexity index is 756. The number of Topliss-reactive ketones (excluding diaryl/α,β-unsaturated/α-hetero) is 1. The molecule has 1 heteroatoms. The number of fused-ring (bicyclic) bond motifs is 25. The lowest BCUT2D eigenvalue weighted by atomic mass is 9.60. The first-order valence-electron chi connectivity index (χ1n) is 11.7. The molecular formula is C25H28O. The zero-order valence-electron chi connectivity index (χ0n) is 15.3. The smallest absolute Gasteiger partial charge is 0.140 e. The van der Waals surface area contributed by atoms with Crippen LogP contribution in [0, 0.1) is 94.7 Å². The molecular weight excluding hydrogens is 316 g/mol. The second kappa shape index (κ2) is 3.83. The molecule has 0 N–H and O–H groups in total. The van der Waals surface area contributed by atoms with Gasteiger partial charge in [-0.15, -0.1) is 0 Å². The molecule has 0 aromatic heterocycles. The summed E-state index contributed by atoms with van der Waals surface area (Å²) in [5.41, 5.74) is 0. The van der Waals surface area contributed by atoms with Crippen molar-refractivity contribution in [2.75, 3.05) is 0 Å². The SMILES string of the molecule is O=C1[C@@H]2[C@H]3C[C@H]([C@H]2[C@@H]2[C@@H]4C[C@@H]([C@H]12)[C@@H]1[C@@H]4[C@H]2C=C[C@H]1C2)[C@H]1[C@H]3[C@@H]2C=C[C@@H]1C2. The van der Waals surface area contributed by atoms with Gasteiger partial charge in [0, 0.05) is 11.8 Å². The van der Waals surface area contributed by atoms with E-state index in [9.17, 15) is 4.79 Å². The summed E-state index contributed by atoms with van der Waals surface area (Å²) in [6.07, 6.45) is 16.0. The number of hydrogen-bond acceptors (Lipinski definition) is 1. The summed E-state index contributed by atoms with van der Waals surface area (Å²) in [6.45, 7) is 0. The fourth-order valence-corrected chi connectivity index (χ4v) is 12.2. The maximum Gasteiger partial charge on any atom is 0.140 e. The number of allylic oxidation sites excluding steroid dienone is 4. The first-order valence-corrected chi connectivity index (χ1v) is 11.7. The van der Waals surface area contributed by atoms with Crippen LogP contribution < -0.4 is 0 Å². The standard InChI is InChI=1S/C25H28O/c26-25-23-15-7-13(17-9-1-3-11(5-9)19(15)17)21(23)22-14-8-16(24(22)25)20-12-4-2-10(6-12)18(14)20/h1-4,9-24H,5-8H2/t9-,10+,11-,12+,13+,14-,15+,16-,17+,18-,19+,20-,21-,22-,23-,24+/m0/s1. The van der Waals surface area contributed by atoms with Gasteiger partial charge in [0.05, 0.1) is 0 Å². The zero-order chi connectivity index (χ0) is 16.5. The molecule has 0 saturated heterocycles. The largest absolute Gasteiger partial charge is 0.299 e. The third-order valence-electron chi connectivity index (χ3n) is 12.1. The lowest BCUT2D eigenvalue weighted by Crippen LogP contribution is -2.41. The number of carbonyl (C=O) groups excluding carboxylic acids is 1. The van der Waals surface area contributed by atoms with Crippen LogP contribution in [0.15, 0.2) is 24.3 Å². The van der Waals surface area contributed by atoms with Gasteiger partial charge in [0.2, 0.25) is 0 Å². The molecule has 1 nitrogen and oxygen atoms in total. The van der Waals surface area contributed by atoms with E-state index in [0.29, 0.717) is 11.8 Å². The van der Waals surface area contributed by atoms with Crippen LogP contribution >= 0.6 is 0 Å². The lowest BCUT2D eigenvalue weighted by molar-refractivity contribution is -0.128. The van der Waals surface area contributed by atoms with E-state index in [1.807, 2.05) is 0 Å². The Hall–Kier alpha value is -0.850. The van der Waals surface area contributed by atoms with Crippen molar-refractivity contribution < 1.29 is 4.79 Å². The summed E-state index contributed by atoms with van der Waals surface area (Å²) in [5.74, 6) is 14.2. The number of ketones is 1. The van der Waals surface area contributed by atoms with Crippen LogP contribution in [0.25, 0.3) is 0 Å². The molecule has 0 aromatic rings. The topological polar surface area (TPSA) is 17.1 Å². The number of hydrogen-bond donors (Lipinski definition) is 0. The summed E-state index contributed by atoms with van der Waals surface area (Å²) in [6, 6.07) is 0. The second-order valence-electron chi connectivity index (χ2n) is 11.9. The Kier molecular flexibility index (Phi) is 1.96. The van der Waals surface area contributed by atoms with Crippen molar-refractivity contribution in [3.63, 3.8) is 0 Å². The average Bonchev–Trinajstić information content (AvgIpc) is 3.48. The van der Waals surface area contributed by atoms with Gasteiger partial charge in [0.25, 0.3) is 0 Å². The van der Waals surface area contributed by atoms with Crippen molar-refractivity contribution >= 4 is 5.78 Å². The summed E-state index contributed by atoms with van der Waals surface area (Å²) in [5, 5.41) is 0. The van der Waals surface area contributed by atoms with Gasteiger partial charge < -0.3 is 0 Å². The van der Waals surface area contributed by atoms with Gasteiger partial charge >= 0.3 is 0 Å². The van der Waals surface area contributed by atoms with Gasteiger partial charge in [-0.3, -0.25) is 4.79 Å². The highest BCUT2D eigenvalue weighted by molar-refractivity contribution is 5.88. The molecule has 0 spiro atoms. The van der Waals surface area contributed by atoms with Crippen molar-refractivity contribution in [3.05, 3.63) is 24.3 Å². The van der Waals surface area contributed by atoms with Crippen molar-refractivity contribution in [2.45, 2.75) is 25.7 Å². The predicted molar refractivity (Wildman–Crippen MR) is 97.6 cm³/mol. The van der Waals surface area contributed by atoms with E-state index in [0.717, 1.165) is 88.6 Å². The highest BCUT2D eigenvalue weighted by Crippen LogP contribution is 2.79. The van der Waals surface area contributed by atoms with Crippen LogP contribution in [0.3, 0.4) is 0 Å². The third kappa shape index (κ3) is 1.11. The number of carbonyl (C=O) groups is 1. The fourth-order valence-electron chi connectivity index (χ4n) is 12.2. The third-order valence-corrected chi connectivity index (χ3v) is 12.1. The Morgan fingerprint density at radius 3 is 1.31 bits per heavy atom. The molecule has 0 aromatic carbocycles. The molecule has 7 saturated carbocycles. The van der Waals surface area contributed by atoms with Crippen molar-refractivity contribution in [2.24, 2.45) is 94.7 Å². The van der Waals surface area contributed by atoms with E-state index >= 15 is 0 Å². The quantitative estimate of drug-likeness (QED) is 0.475. The Morgan fingerprint density at radius 2 is 0.885 bits per heavy atom. The highest BCUT2D eigenvalue weighted by atomic mass is 16.1. The highest BCUT2D eigenvalue weighted by Gasteiger charge is 2.77.